The van der Waals surface area contributed by atoms with Crippen LogP contribution >= 0.6 is 28.3 Å². The summed E-state index contributed by atoms with van der Waals surface area (Å²) in [4.78, 5) is 0.0202. The standard InChI is InChI=1S/C11H14BrFN2O2S.ClH/c12-9-6-8(13)2-3-10(9)18(16,17)15-7-11(14)4-1-5-11;/h2-3,6,15H,1,4-5,7,14H2;1H. The zero-order chi connectivity index (χ0) is 13.4. The molecule has 0 spiro atoms. The topological polar surface area (TPSA) is 72.2 Å². The van der Waals surface area contributed by atoms with Gasteiger partial charge in [-0.1, -0.05) is 0 Å². The summed E-state index contributed by atoms with van der Waals surface area (Å²) >= 11 is 3.04. The number of nitrogens with one attached hydrogen (secondary N) is 1. The molecule has 0 bridgehead atoms. The Morgan fingerprint density at radius 1 is 1.42 bits per heavy atom. The Labute approximate surface area is 126 Å². The Hall–Kier alpha value is -0.210. The van der Waals surface area contributed by atoms with Crippen molar-refractivity contribution in [3.8, 4) is 0 Å². The molecule has 1 aliphatic rings. The molecule has 0 heterocycles. The quantitative estimate of drug-likeness (QED) is 0.849. The number of hydrogen-bond acceptors (Lipinski definition) is 3. The maximum absolute atomic E-state index is 12.9. The molecule has 0 aromatic heterocycles. The minimum Gasteiger partial charge on any atom is -0.324 e. The number of sulfonamides is 1. The third-order valence-corrected chi connectivity index (χ3v) is 5.52. The SMILES string of the molecule is Cl.NC1(CNS(=O)(=O)c2ccc(F)cc2Br)CCC1. The molecule has 1 fully saturated rings. The summed E-state index contributed by atoms with van der Waals surface area (Å²) in [6.45, 7) is 0.207. The van der Waals surface area contributed by atoms with E-state index in [0.717, 1.165) is 31.4 Å². The molecule has 0 saturated heterocycles. The molecule has 0 radical (unpaired) electrons. The van der Waals surface area contributed by atoms with Gasteiger partial charge in [-0.3, -0.25) is 0 Å². The van der Waals surface area contributed by atoms with Crippen molar-refractivity contribution in [2.45, 2.75) is 29.7 Å². The fraction of sp³-hybridized carbons (Fsp3) is 0.455. The fourth-order valence-corrected chi connectivity index (χ4v) is 4.00. The molecule has 108 valence electrons. The molecule has 0 atom stereocenters. The predicted molar refractivity (Wildman–Crippen MR) is 77.3 cm³/mol. The van der Waals surface area contributed by atoms with Gasteiger partial charge in [0.15, 0.2) is 0 Å². The lowest BCUT2D eigenvalue weighted by Crippen LogP contribution is -2.54. The van der Waals surface area contributed by atoms with Crippen LogP contribution in [0.2, 0.25) is 0 Å². The van der Waals surface area contributed by atoms with E-state index in [-0.39, 0.29) is 28.3 Å². The van der Waals surface area contributed by atoms with Crippen LogP contribution in [0.15, 0.2) is 27.6 Å². The highest BCUT2D eigenvalue weighted by Crippen LogP contribution is 2.29. The van der Waals surface area contributed by atoms with Crippen molar-refractivity contribution in [3.63, 3.8) is 0 Å². The highest BCUT2D eigenvalue weighted by atomic mass is 79.9. The van der Waals surface area contributed by atoms with Gasteiger partial charge in [-0.2, -0.15) is 0 Å². The lowest BCUT2D eigenvalue weighted by molar-refractivity contribution is 0.251. The van der Waals surface area contributed by atoms with Gasteiger partial charge in [0.25, 0.3) is 0 Å². The van der Waals surface area contributed by atoms with Gasteiger partial charge >= 0.3 is 0 Å². The van der Waals surface area contributed by atoms with Crippen molar-refractivity contribution in [2.75, 3.05) is 6.54 Å². The smallest absolute Gasteiger partial charge is 0.241 e. The predicted octanol–water partition coefficient (Wildman–Crippen LogP) is 2.17. The number of nitrogens with two attached hydrogens (primary N) is 1. The van der Waals surface area contributed by atoms with Crippen molar-refractivity contribution in [2.24, 2.45) is 5.73 Å². The van der Waals surface area contributed by atoms with E-state index in [1.165, 1.54) is 6.07 Å². The molecule has 0 unspecified atom stereocenters. The molecule has 4 nitrogen and oxygen atoms in total. The molecule has 19 heavy (non-hydrogen) atoms. The van der Waals surface area contributed by atoms with E-state index in [1.54, 1.807) is 0 Å². The molecular weight excluding hydrogens is 359 g/mol. The van der Waals surface area contributed by atoms with Crippen molar-refractivity contribution in [3.05, 3.63) is 28.5 Å². The van der Waals surface area contributed by atoms with E-state index < -0.39 is 21.4 Å². The van der Waals surface area contributed by atoms with Crippen molar-refractivity contribution < 1.29 is 12.8 Å². The Morgan fingerprint density at radius 2 is 2.05 bits per heavy atom. The maximum Gasteiger partial charge on any atom is 0.241 e. The molecule has 1 saturated carbocycles. The normalized spacial score (nSPS) is 17.4. The van der Waals surface area contributed by atoms with E-state index in [9.17, 15) is 12.8 Å². The third-order valence-electron chi connectivity index (χ3n) is 3.15. The first-order valence-corrected chi connectivity index (χ1v) is 7.84. The monoisotopic (exact) mass is 372 g/mol. The van der Waals surface area contributed by atoms with Gasteiger partial charge in [0, 0.05) is 16.6 Å². The van der Waals surface area contributed by atoms with Crippen LogP contribution in [0.25, 0.3) is 0 Å². The minimum atomic E-state index is -3.66. The first-order chi connectivity index (χ1) is 8.32. The number of hydrogen-bond donors (Lipinski definition) is 2. The van der Waals surface area contributed by atoms with E-state index in [4.69, 9.17) is 5.73 Å². The molecule has 1 aliphatic carbocycles. The molecular formula is C11H15BrClFN2O2S. The average molecular weight is 374 g/mol. The van der Waals surface area contributed by atoms with E-state index in [2.05, 4.69) is 20.7 Å². The van der Waals surface area contributed by atoms with E-state index in [0.29, 0.717) is 0 Å². The zero-order valence-corrected chi connectivity index (χ0v) is 13.2. The molecule has 1 aromatic carbocycles. The summed E-state index contributed by atoms with van der Waals surface area (Å²) in [5, 5.41) is 0. The minimum absolute atomic E-state index is 0. The summed E-state index contributed by atoms with van der Waals surface area (Å²) in [5.41, 5.74) is 5.52. The number of benzene rings is 1. The Kier molecular flexibility index (Phi) is 5.36. The van der Waals surface area contributed by atoms with Crippen LogP contribution < -0.4 is 10.5 Å². The molecule has 2 rings (SSSR count). The largest absolute Gasteiger partial charge is 0.324 e. The molecule has 3 N–H and O–H groups in total. The number of rotatable bonds is 4. The van der Waals surface area contributed by atoms with Gasteiger partial charge in [-0.05, 0) is 53.4 Å². The van der Waals surface area contributed by atoms with E-state index >= 15 is 0 Å². The van der Waals surface area contributed by atoms with Crippen molar-refractivity contribution in [1.82, 2.24) is 4.72 Å². The Balaban J connectivity index is 0.00000180. The van der Waals surface area contributed by atoms with Gasteiger partial charge in [-0.25, -0.2) is 17.5 Å². The van der Waals surface area contributed by atoms with Crippen molar-refractivity contribution in [1.29, 1.82) is 0 Å². The zero-order valence-electron chi connectivity index (χ0n) is 10.0. The first-order valence-electron chi connectivity index (χ1n) is 5.56. The highest BCUT2D eigenvalue weighted by Gasteiger charge is 2.34. The summed E-state index contributed by atoms with van der Waals surface area (Å²) in [6.07, 6.45) is 2.67. The fourth-order valence-electron chi connectivity index (χ4n) is 1.82. The van der Waals surface area contributed by atoms with Gasteiger partial charge < -0.3 is 5.73 Å². The molecule has 0 amide bonds. The third kappa shape index (κ3) is 3.88. The lowest BCUT2D eigenvalue weighted by Gasteiger charge is -2.38. The number of halogens is 3. The van der Waals surface area contributed by atoms with Gasteiger partial charge in [0.05, 0.1) is 4.90 Å². The summed E-state index contributed by atoms with van der Waals surface area (Å²) in [5.74, 6) is -0.491. The highest BCUT2D eigenvalue weighted by molar-refractivity contribution is 9.10. The second-order valence-corrected chi connectivity index (χ2v) is 7.20. The second kappa shape index (κ2) is 6.05. The van der Waals surface area contributed by atoms with Crippen molar-refractivity contribution >= 4 is 38.4 Å². The summed E-state index contributed by atoms with van der Waals surface area (Å²) < 4.78 is 39.6. The van der Waals surface area contributed by atoms with Crippen LogP contribution in [0.5, 0.6) is 0 Å². The van der Waals surface area contributed by atoms with Gasteiger partial charge in [-0.15, -0.1) is 12.4 Å². The summed E-state index contributed by atoms with van der Waals surface area (Å²) in [6, 6.07) is 3.46. The Morgan fingerprint density at radius 3 is 2.53 bits per heavy atom. The Bertz CT molecular complexity index is 564. The average Bonchev–Trinajstić information content (AvgIpc) is 2.23. The van der Waals surface area contributed by atoms with Gasteiger partial charge in [0.2, 0.25) is 10.0 Å². The van der Waals surface area contributed by atoms with E-state index in [1.807, 2.05) is 0 Å². The lowest BCUT2D eigenvalue weighted by atomic mass is 9.78. The second-order valence-electron chi connectivity index (χ2n) is 4.62. The van der Waals surface area contributed by atoms with Crippen LogP contribution in [0.4, 0.5) is 4.39 Å². The molecule has 1 aromatic rings. The maximum atomic E-state index is 12.9. The molecule has 8 heteroatoms. The van der Waals surface area contributed by atoms with Crippen LogP contribution in [-0.2, 0) is 10.0 Å². The molecule has 0 aliphatic heterocycles. The van der Waals surface area contributed by atoms with Crippen LogP contribution in [0, 0.1) is 5.82 Å². The van der Waals surface area contributed by atoms with Crippen LogP contribution in [-0.4, -0.2) is 20.5 Å². The summed E-state index contributed by atoms with van der Waals surface area (Å²) in [7, 11) is -3.66. The van der Waals surface area contributed by atoms with Crippen LogP contribution in [0.3, 0.4) is 0 Å². The van der Waals surface area contributed by atoms with Crippen LogP contribution in [0.1, 0.15) is 19.3 Å². The first kappa shape index (κ1) is 16.8. The van der Waals surface area contributed by atoms with Gasteiger partial charge in [0.1, 0.15) is 5.82 Å².